The van der Waals surface area contributed by atoms with E-state index in [2.05, 4.69) is 18.0 Å². The second kappa shape index (κ2) is 5.95. The Morgan fingerprint density at radius 3 is 3.00 bits per heavy atom. The molecule has 3 rings (SSSR count). The van der Waals surface area contributed by atoms with Crippen LogP contribution in [-0.4, -0.2) is 23.5 Å². The van der Waals surface area contributed by atoms with Gasteiger partial charge >= 0.3 is 0 Å². The molecule has 1 aromatic carbocycles. The average molecular weight is 282 g/mol. The lowest BCUT2D eigenvalue weighted by atomic mass is 10.1. The van der Waals surface area contributed by atoms with E-state index in [0.29, 0.717) is 18.8 Å². The Morgan fingerprint density at radius 2 is 2.19 bits per heavy atom. The largest absolute Gasteiger partial charge is 0.491 e. The van der Waals surface area contributed by atoms with Crippen LogP contribution in [-0.2, 0) is 11.2 Å². The Morgan fingerprint density at radius 1 is 1.33 bits per heavy atom. The highest BCUT2D eigenvalue weighted by Crippen LogP contribution is 2.32. The molecule has 1 unspecified atom stereocenters. The van der Waals surface area contributed by atoms with Gasteiger partial charge in [-0.25, -0.2) is 0 Å². The van der Waals surface area contributed by atoms with Crippen LogP contribution >= 0.6 is 0 Å². The lowest BCUT2D eigenvalue weighted by Crippen LogP contribution is -2.36. The zero-order valence-corrected chi connectivity index (χ0v) is 12.0. The normalized spacial score (nSPS) is 16.6. The van der Waals surface area contributed by atoms with Gasteiger partial charge < -0.3 is 9.64 Å². The third-order valence-electron chi connectivity index (χ3n) is 3.69. The maximum Gasteiger partial charge on any atom is 0.230 e. The summed E-state index contributed by atoms with van der Waals surface area (Å²) in [5.74, 6) is 0.802. The van der Waals surface area contributed by atoms with Gasteiger partial charge in [0.1, 0.15) is 5.75 Å². The molecule has 1 atom stereocenters. The van der Waals surface area contributed by atoms with Crippen LogP contribution in [0.3, 0.4) is 0 Å². The highest BCUT2D eigenvalue weighted by atomic mass is 16.5. The molecule has 0 saturated heterocycles. The summed E-state index contributed by atoms with van der Waals surface area (Å²) in [6.45, 7) is 2.45. The summed E-state index contributed by atoms with van der Waals surface area (Å²) in [4.78, 5) is 18.3. The van der Waals surface area contributed by atoms with Crippen molar-refractivity contribution >= 4 is 11.6 Å². The Balaban J connectivity index is 1.61. The SMILES string of the molecule is CC1Cc2ccccc2N1C(=O)CCOc1cccnc1. The standard InChI is InChI=1S/C17H18N2O2/c1-13-11-14-5-2-3-7-16(14)19(13)17(20)8-10-21-15-6-4-9-18-12-15/h2-7,9,12-13H,8,10-11H2,1H3. The number of fused-ring (bicyclic) bond motifs is 1. The van der Waals surface area contributed by atoms with Crippen LogP contribution in [0.5, 0.6) is 5.75 Å². The number of para-hydroxylation sites is 1. The first-order valence-electron chi connectivity index (χ1n) is 7.18. The van der Waals surface area contributed by atoms with Crippen molar-refractivity contribution in [2.24, 2.45) is 0 Å². The van der Waals surface area contributed by atoms with Gasteiger partial charge in [0.15, 0.2) is 0 Å². The average Bonchev–Trinajstić information content (AvgIpc) is 2.84. The molecule has 0 fully saturated rings. The van der Waals surface area contributed by atoms with Crippen molar-refractivity contribution in [1.82, 2.24) is 4.98 Å². The van der Waals surface area contributed by atoms with E-state index in [0.717, 1.165) is 12.1 Å². The van der Waals surface area contributed by atoms with E-state index in [1.54, 1.807) is 12.4 Å². The first-order valence-corrected chi connectivity index (χ1v) is 7.18. The van der Waals surface area contributed by atoms with Gasteiger partial charge in [-0.05, 0) is 37.1 Å². The second-order valence-corrected chi connectivity index (χ2v) is 5.23. The number of carbonyl (C=O) groups excluding carboxylic acids is 1. The van der Waals surface area contributed by atoms with Crippen LogP contribution in [0.1, 0.15) is 18.9 Å². The molecule has 4 heteroatoms. The predicted molar refractivity (Wildman–Crippen MR) is 81.4 cm³/mol. The molecule has 0 radical (unpaired) electrons. The Labute approximate surface area is 124 Å². The summed E-state index contributed by atoms with van der Waals surface area (Å²) in [6.07, 6.45) is 4.64. The van der Waals surface area contributed by atoms with Crippen LogP contribution in [0.15, 0.2) is 48.8 Å². The number of pyridine rings is 1. The van der Waals surface area contributed by atoms with Crippen molar-refractivity contribution in [3.8, 4) is 5.75 Å². The van der Waals surface area contributed by atoms with Crippen molar-refractivity contribution in [2.45, 2.75) is 25.8 Å². The number of hydrogen-bond donors (Lipinski definition) is 0. The highest BCUT2D eigenvalue weighted by molar-refractivity contribution is 5.96. The summed E-state index contributed by atoms with van der Waals surface area (Å²) in [7, 11) is 0. The number of aromatic nitrogens is 1. The van der Waals surface area contributed by atoms with E-state index in [4.69, 9.17) is 4.74 Å². The number of nitrogens with zero attached hydrogens (tertiary/aromatic N) is 2. The highest BCUT2D eigenvalue weighted by Gasteiger charge is 2.30. The van der Waals surface area contributed by atoms with Crippen LogP contribution in [0.2, 0.25) is 0 Å². The van der Waals surface area contributed by atoms with Crippen LogP contribution in [0, 0.1) is 0 Å². The van der Waals surface area contributed by atoms with Gasteiger partial charge in [-0.15, -0.1) is 0 Å². The van der Waals surface area contributed by atoms with Crippen molar-refractivity contribution in [3.63, 3.8) is 0 Å². The Hall–Kier alpha value is -2.36. The van der Waals surface area contributed by atoms with Crippen molar-refractivity contribution in [1.29, 1.82) is 0 Å². The number of amides is 1. The molecular formula is C17H18N2O2. The first kappa shape index (κ1) is 13.6. The van der Waals surface area contributed by atoms with Crippen LogP contribution in [0.4, 0.5) is 5.69 Å². The van der Waals surface area contributed by atoms with E-state index in [1.165, 1.54) is 5.56 Å². The third kappa shape index (κ3) is 2.89. The molecule has 0 saturated carbocycles. The molecular weight excluding hydrogens is 264 g/mol. The minimum Gasteiger partial charge on any atom is -0.491 e. The fourth-order valence-corrected chi connectivity index (χ4v) is 2.75. The predicted octanol–water partition coefficient (Wildman–Crippen LogP) is 2.83. The molecule has 1 amide bonds. The molecule has 4 nitrogen and oxygen atoms in total. The fourth-order valence-electron chi connectivity index (χ4n) is 2.75. The maximum atomic E-state index is 12.4. The molecule has 21 heavy (non-hydrogen) atoms. The van der Waals surface area contributed by atoms with Gasteiger partial charge in [-0.1, -0.05) is 18.2 Å². The lowest BCUT2D eigenvalue weighted by Gasteiger charge is -2.22. The van der Waals surface area contributed by atoms with E-state index >= 15 is 0 Å². The molecule has 1 aliphatic rings. The summed E-state index contributed by atoms with van der Waals surface area (Å²) < 4.78 is 5.55. The molecule has 0 aliphatic carbocycles. The number of ether oxygens (including phenoxy) is 1. The third-order valence-corrected chi connectivity index (χ3v) is 3.69. The maximum absolute atomic E-state index is 12.4. The molecule has 0 spiro atoms. The van der Waals surface area contributed by atoms with Crippen molar-refractivity contribution in [3.05, 3.63) is 54.4 Å². The molecule has 0 bridgehead atoms. The molecule has 0 N–H and O–H groups in total. The molecule has 108 valence electrons. The molecule has 1 aromatic heterocycles. The Bertz CT molecular complexity index is 628. The van der Waals surface area contributed by atoms with Crippen LogP contribution < -0.4 is 9.64 Å². The summed E-state index contributed by atoms with van der Waals surface area (Å²) in [6, 6.07) is 12.0. The van der Waals surface area contributed by atoms with Gasteiger partial charge in [-0.2, -0.15) is 0 Å². The number of rotatable bonds is 4. The van der Waals surface area contributed by atoms with E-state index in [-0.39, 0.29) is 11.9 Å². The minimum absolute atomic E-state index is 0.108. The van der Waals surface area contributed by atoms with Crippen LogP contribution in [0.25, 0.3) is 0 Å². The van der Waals surface area contributed by atoms with Gasteiger partial charge in [0.2, 0.25) is 5.91 Å². The number of anilines is 1. The van der Waals surface area contributed by atoms with Gasteiger partial charge in [0, 0.05) is 17.9 Å². The van der Waals surface area contributed by atoms with Crippen molar-refractivity contribution in [2.75, 3.05) is 11.5 Å². The molecule has 1 aliphatic heterocycles. The zero-order valence-electron chi connectivity index (χ0n) is 12.0. The lowest BCUT2D eigenvalue weighted by molar-refractivity contribution is -0.119. The van der Waals surface area contributed by atoms with E-state index < -0.39 is 0 Å². The van der Waals surface area contributed by atoms with E-state index in [1.807, 2.05) is 35.2 Å². The zero-order chi connectivity index (χ0) is 14.7. The summed E-state index contributed by atoms with van der Waals surface area (Å²) in [5, 5.41) is 0. The number of hydrogen-bond acceptors (Lipinski definition) is 3. The van der Waals surface area contributed by atoms with Gasteiger partial charge in [-0.3, -0.25) is 9.78 Å². The quantitative estimate of drug-likeness (QED) is 0.866. The fraction of sp³-hybridized carbons (Fsp3) is 0.294. The monoisotopic (exact) mass is 282 g/mol. The number of carbonyl (C=O) groups is 1. The topological polar surface area (TPSA) is 42.4 Å². The summed E-state index contributed by atoms with van der Waals surface area (Å²) in [5.41, 5.74) is 2.28. The van der Waals surface area contributed by atoms with E-state index in [9.17, 15) is 4.79 Å². The number of benzene rings is 1. The second-order valence-electron chi connectivity index (χ2n) is 5.23. The van der Waals surface area contributed by atoms with Crippen molar-refractivity contribution < 1.29 is 9.53 Å². The minimum atomic E-state index is 0.108. The molecule has 2 aromatic rings. The summed E-state index contributed by atoms with van der Waals surface area (Å²) >= 11 is 0. The molecule has 2 heterocycles. The van der Waals surface area contributed by atoms with Gasteiger partial charge in [0.05, 0.1) is 19.2 Å². The smallest absolute Gasteiger partial charge is 0.230 e. The first-order chi connectivity index (χ1) is 10.3. The Kier molecular flexibility index (Phi) is 3.86. The van der Waals surface area contributed by atoms with Gasteiger partial charge in [0.25, 0.3) is 0 Å².